The van der Waals surface area contributed by atoms with Crippen LogP contribution in [0.3, 0.4) is 0 Å². The molecular formula is C45H77NO6. The van der Waals surface area contributed by atoms with Crippen molar-refractivity contribution in [3.63, 3.8) is 0 Å². The Bertz CT molecular complexity index is 1020. The van der Waals surface area contributed by atoms with Crippen molar-refractivity contribution in [1.29, 1.82) is 0 Å². The Morgan fingerprint density at radius 1 is 0.731 bits per heavy atom. The van der Waals surface area contributed by atoms with Crippen LogP contribution >= 0.6 is 0 Å². The van der Waals surface area contributed by atoms with Crippen LogP contribution in [-0.4, -0.2) is 62.8 Å². The highest BCUT2D eigenvalue weighted by molar-refractivity contribution is 5.72. The van der Waals surface area contributed by atoms with Gasteiger partial charge in [0.15, 0.2) is 0 Å². The number of rotatable bonds is 14. The summed E-state index contributed by atoms with van der Waals surface area (Å²) in [7, 11) is 2.09. The van der Waals surface area contributed by atoms with Crippen molar-refractivity contribution in [2.24, 2.45) is 17.8 Å². The Balaban J connectivity index is 2.96. The number of allylic oxidation sites excluding steroid dienone is 1. The van der Waals surface area contributed by atoms with Gasteiger partial charge in [-0.1, -0.05) is 135 Å². The highest BCUT2D eigenvalue weighted by atomic mass is 16.5. The van der Waals surface area contributed by atoms with E-state index in [-0.39, 0.29) is 48.5 Å². The molecule has 0 aromatic rings. The first-order valence-corrected chi connectivity index (χ1v) is 21.4. The summed E-state index contributed by atoms with van der Waals surface area (Å²) in [4.78, 5) is 41.7. The topological polar surface area (TPSA) is 82.1 Å². The monoisotopic (exact) mass is 728 g/mol. The number of cyclic esters (lactones) is 2. The van der Waals surface area contributed by atoms with Crippen LogP contribution < -0.4 is 0 Å². The normalized spacial score (nSPS) is 21.6. The largest absolute Gasteiger partial charge is 0.466 e. The van der Waals surface area contributed by atoms with Crippen LogP contribution in [0, 0.1) is 17.8 Å². The summed E-state index contributed by atoms with van der Waals surface area (Å²) < 4.78 is 17.3. The molecule has 7 heteroatoms. The molecule has 1 rings (SSSR count). The molecule has 2 unspecified atom stereocenters. The molecule has 1 aliphatic rings. The number of esters is 3. The van der Waals surface area contributed by atoms with Gasteiger partial charge in [0.25, 0.3) is 0 Å². The first kappa shape index (κ1) is 47.5. The number of carbonyl (C=O) groups is 3. The molecule has 1 saturated heterocycles. The first-order chi connectivity index (χ1) is 25.4. The maximum atomic E-state index is 13.2. The van der Waals surface area contributed by atoms with Gasteiger partial charge in [0.05, 0.1) is 38.6 Å². The fourth-order valence-electron chi connectivity index (χ4n) is 7.13. The van der Waals surface area contributed by atoms with E-state index in [1.165, 1.54) is 0 Å². The minimum absolute atomic E-state index is 0.0171. The standard InChI is InChI=1S/C45H77NO6/c1-6-10-21-30-40-37-43(47)50-34-25-19-15-13-17-23-28-39(45(49)52-36-27-33-46(5)9-4)29-24-18-14-16-20-26-35-51-44(48)38-41(31-22-11-7-2)42(40)32-12-8-3/h39-41H,3,6-7,9-11,13-31,33-38H2,1-2,4-5H3. The van der Waals surface area contributed by atoms with E-state index in [2.05, 4.69) is 56.5 Å². The molecule has 1 heterocycles. The van der Waals surface area contributed by atoms with Gasteiger partial charge in [-0.25, -0.2) is 0 Å². The van der Waals surface area contributed by atoms with Crippen LogP contribution in [0.15, 0.2) is 29.3 Å². The zero-order valence-electron chi connectivity index (χ0n) is 34.0. The lowest BCUT2D eigenvalue weighted by Crippen LogP contribution is -2.23. The third kappa shape index (κ3) is 24.6. The van der Waals surface area contributed by atoms with Crippen molar-refractivity contribution in [2.75, 3.05) is 40.0 Å². The molecule has 0 aromatic heterocycles. The Kier molecular flexibility index (Phi) is 30.2. The highest BCUT2D eigenvalue weighted by Gasteiger charge is 2.28. The van der Waals surface area contributed by atoms with E-state index in [1.807, 2.05) is 0 Å². The second kappa shape index (κ2) is 33.1. The molecule has 1 aliphatic heterocycles. The lowest BCUT2D eigenvalue weighted by Gasteiger charge is -2.25. The Morgan fingerprint density at radius 3 is 1.67 bits per heavy atom. The second-order valence-corrected chi connectivity index (χ2v) is 15.1. The van der Waals surface area contributed by atoms with E-state index in [4.69, 9.17) is 14.2 Å². The van der Waals surface area contributed by atoms with E-state index < -0.39 is 0 Å². The maximum absolute atomic E-state index is 13.2. The predicted octanol–water partition coefficient (Wildman–Crippen LogP) is 11.2. The third-order valence-corrected chi connectivity index (χ3v) is 10.5. The van der Waals surface area contributed by atoms with Crippen LogP contribution in [-0.2, 0) is 28.6 Å². The van der Waals surface area contributed by atoms with Crippen molar-refractivity contribution in [2.45, 2.75) is 181 Å². The Labute approximate surface area is 319 Å². The average Bonchev–Trinajstić information content (AvgIpc) is 3.13. The fourth-order valence-corrected chi connectivity index (χ4v) is 7.13. The van der Waals surface area contributed by atoms with Crippen LogP contribution in [0.4, 0.5) is 0 Å². The van der Waals surface area contributed by atoms with Gasteiger partial charge in [-0.3, -0.25) is 14.4 Å². The lowest BCUT2D eigenvalue weighted by atomic mass is 9.79. The summed E-state index contributed by atoms with van der Waals surface area (Å²) in [5.74, 6) is -0.544. The summed E-state index contributed by atoms with van der Waals surface area (Å²) in [6.45, 7) is 13.5. The zero-order chi connectivity index (χ0) is 38.1. The summed E-state index contributed by atoms with van der Waals surface area (Å²) in [5.41, 5.74) is 9.94. The van der Waals surface area contributed by atoms with E-state index in [9.17, 15) is 14.4 Å². The molecule has 0 N–H and O–H groups in total. The average molecular weight is 728 g/mol. The van der Waals surface area contributed by atoms with Crippen molar-refractivity contribution < 1.29 is 28.6 Å². The van der Waals surface area contributed by atoms with Gasteiger partial charge in [-0.05, 0) is 88.3 Å². The molecule has 52 heavy (non-hydrogen) atoms. The van der Waals surface area contributed by atoms with Gasteiger partial charge in [0.2, 0.25) is 0 Å². The number of ether oxygens (including phenoxy) is 3. The van der Waals surface area contributed by atoms with E-state index in [0.717, 1.165) is 166 Å². The second-order valence-electron chi connectivity index (χ2n) is 15.1. The van der Waals surface area contributed by atoms with Crippen molar-refractivity contribution in [1.82, 2.24) is 4.90 Å². The van der Waals surface area contributed by atoms with Gasteiger partial charge in [0.1, 0.15) is 0 Å². The third-order valence-electron chi connectivity index (χ3n) is 10.5. The molecule has 0 amide bonds. The smallest absolute Gasteiger partial charge is 0.308 e. The first-order valence-electron chi connectivity index (χ1n) is 21.4. The van der Waals surface area contributed by atoms with E-state index >= 15 is 0 Å². The van der Waals surface area contributed by atoms with Gasteiger partial charge in [0, 0.05) is 6.54 Å². The van der Waals surface area contributed by atoms with Gasteiger partial charge in [-0.15, -0.1) is 0 Å². The van der Waals surface area contributed by atoms with Crippen LogP contribution in [0.5, 0.6) is 0 Å². The molecule has 0 bridgehead atoms. The Hall–Kier alpha value is -2.55. The van der Waals surface area contributed by atoms with Crippen molar-refractivity contribution >= 4 is 17.9 Å². The molecular weight excluding hydrogens is 650 g/mol. The molecule has 0 radical (unpaired) electrons. The molecule has 1 fully saturated rings. The number of hydrogen-bond donors (Lipinski definition) is 0. The molecule has 0 aliphatic carbocycles. The lowest BCUT2D eigenvalue weighted by molar-refractivity contribution is -0.149. The fraction of sp³-hybridized carbons (Fsp3) is 0.822. The van der Waals surface area contributed by atoms with Gasteiger partial charge >= 0.3 is 17.9 Å². The Morgan fingerprint density at radius 2 is 1.21 bits per heavy atom. The molecule has 0 spiro atoms. The number of hydrogen-bond acceptors (Lipinski definition) is 7. The van der Waals surface area contributed by atoms with Gasteiger partial charge < -0.3 is 19.1 Å². The molecule has 7 nitrogen and oxygen atoms in total. The van der Waals surface area contributed by atoms with E-state index in [1.54, 1.807) is 0 Å². The van der Waals surface area contributed by atoms with Crippen LogP contribution in [0.25, 0.3) is 0 Å². The SMILES string of the molecule is C=C=C=C=C1C(CCCCC)CC(=O)OCCCCCCCCC(C(=O)OCCCN(C)CC)CCCCCCCCOC(=O)CC1CCCCC. The predicted molar refractivity (Wildman–Crippen MR) is 213 cm³/mol. The minimum Gasteiger partial charge on any atom is -0.466 e. The van der Waals surface area contributed by atoms with E-state index in [0.29, 0.717) is 19.8 Å². The maximum Gasteiger partial charge on any atom is 0.308 e. The summed E-state index contributed by atoms with van der Waals surface area (Å²) in [6.07, 6.45) is 23.7. The summed E-state index contributed by atoms with van der Waals surface area (Å²) in [6, 6.07) is 0. The highest BCUT2D eigenvalue weighted by Crippen LogP contribution is 2.33. The molecule has 2 atom stereocenters. The van der Waals surface area contributed by atoms with Crippen LogP contribution in [0.1, 0.15) is 181 Å². The van der Waals surface area contributed by atoms with Crippen molar-refractivity contribution in [3.8, 4) is 0 Å². The zero-order valence-corrected chi connectivity index (χ0v) is 34.0. The summed E-state index contributed by atoms with van der Waals surface area (Å²) >= 11 is 0. The number of nitrogens with zero attached hydrogens (tertiary/aromatic N) is 1. The minimum atomic E-state index is -0.185. The van der Waals surface area contributed by atoms with Crippen LogP contribution in [0.2, 0.25) is 0 Å². The van der Waals surface area contributed by atoms with Gasteiger partial charge in [-0.2, -0.15) is 0 Å². The molecule has 0 saturated carbocycles. The number of carbonyl (C=O) groups excluding carboxylic acids is 3. The molecule has 298 valence electrons. The molecule has 0 aromatic carbocycles. The van der Waals surface area contributed by atoms with Crippen molar-refractivity contribution in [3.05, 3.63) is 29.3 Å². The quantitative estimate of drug-likeness (QED) is 0.0762. The summed E-state index contributed by atoms with van der Waals surface area (Å²) in [5, 5.41) is 0. The number of unbranched alkanes of at least 4 members (excludes halogenated alkanes) is 4.